The van der Waals surface area contributed by atoms with Crippen molar-refractivity contribution in [2.45, 2.75) is 64.2 Å². The number of fused-ring (bicyclic) bond motifs is 2. The molecule has 4 aliphatic heterocycles. The lowest BCUT2D eigenvalue weighted by atomic mass is 9.72. The van der Waals surface area contributed by atoms with E-state index in [-0.39, 0.29) is 0 Å². The van der Waals surface area contributed by atoms with Crippen LogP contribution in [0.3, 0.4) is 0 Å². The van der Waals surface area contributed by atoms with Gasteiger partial charge in [-0.1, -0.05) is 0 Å². The summed E-state index contributed by atoms with van der Waals surface area (Å²) in [5.41, 5.74) is 1.83. The summed E-state index contributed by atoms with van der Waals surface area (Å²) in [6, 6.07) is 1.80. The van der Waals surface area contributed by atoms with Gasteiger partial charge in [0.2, 0.25) is 5.95 Å². The van der Waals surface area contributed by atoms with E-state index in [1.165, 1.54) is 57.4 Å². The SMILES string of the molecule is CC(C)N1CC2CCC(C1)N2c1ncc(CN2CCC3(CC2)CN(CS)C3)cn1. The van der Waals surface area contributed by atoms with Crippen molar-refractivity contribution >= 4 is 18.6 Å². The van der Waals surface area contributed by atoms with Crippen LogP contribution in [0.5, 0.6) is 0 Å². The number of piperazine rings is 1. The molecule has 0 radical (unpaired) electrons. The molecule has 2 unspecified atom stereocenters. The van der Waals surface area contributed by atoms with E-state index in [1.54, 1.807) is 0 Å². The van der Waals surface area contributed by atoms with Crippen LogP contribution in [0.4, 0.5) is 5.95 Å². The summed E-state index contributed by atoms with van der Waals surface area (Å²) in [6.45, 7) is 12.8. The molecule has 0 N–H and O–H groups in total. The minimum atomic E-state index is 0.580. The van der Waals surface area contributed by atoms with Gasteiger partial charge in [-0.05, 0) is 58.0 Å². The lowest BCUT2D eigenvalue weighted by Crippen LogP contribution is -2.59. The molecule has 2 bridgehead atoms. The number of likely N-dealkylation sites (tertiary alicyclic amines) is 3. The zero-order chi connectivity index (χ0) is 20.0. The van der Waals surface area contributed by atoms with Gasteiger partial charge >= 0.3 is 0 Å². The number of thiol groups is 1. The van der Waals surface area contributed by atoms with Crippen molar-refractivity contribution < 1.29 is 0 Å². The Kier molecular flexibility index (Phi) is 5.52. The molecule has 4 aliphatic rings. The Balaban J connectivity index is 1.16. The Hall–Kier alpha value is -0.890. The molecule has 1 spiro atoms. The first-order valence-electron chi connectivity index (χ1n) is 11.4. The lowest BCUT2D eigenvalue weighted by molar-refractivity contribution is -0.0364. The van der Waals surface area contributed by atoms with Crippen molar-refractivity contribution in [3.8, 4) is 0 Å². The molecule has 7 heteroatoms. The summed E-state index contributed by atoms with van der Waals surface area (Å²) in [6.07, 6.45) is 9.34. The van der Waals surface area contributed by atoms with Crippen LogP contribution < -0.4 is 4.90 Å². The summed E-state index contributed by atoms with van der Waals surface area (Å²) in [4.78, 5) is 19.8. The van der Waals surface area contributed by atoms with E-state index in [1.807, 2.05) is 0 Å². The van der Waals surface area contributed by atoms with Gasteiger partial charge in [-0.2, -0.15) is 12.6 Å². The second-order valence-corrected chi connectivity index (χ2v) is 10.4. The topological polar surface area (TPSA) is 38.7 Å². The first-order chi connectivity index (χ1) is 14.0. The summed E-state index contributed by atoms with van der Waals surface area (Å²) < 4.78 is 0. The molecule has 1 aromatic heterocycles. The molecule has 0 aromatic carbocycles. The second kappa shape index (κ2) is 7.98. The zero-order valence-corrected chi connectivity index (χ0v) is 18.9. The highest BCUT2D eigenvalue weighted by molar-refractivity contribution is 7.80. The first kappa shape index (κ1) is 20.0. The van der Waals surface area contributed by atoms with Crippen LogP contribution in [0.15, 0.2) is 12.4 Å². The molecule has 160 valence electrons. The Labute approximate surface area is 181 Å². The average molecular weight is 417 g/mol. The van der Waals surface area contributed by atoms with Gasteiger partial charge in [-0.3, -0.25) is 14.7 Å². The summed E-state index contributed by atoms with van der Waals surface area (Å²) in [7, 11) is 0. The molecule has 6 nitrogen and oxygen atoms in total. The fraction of sp³-hybridized carbons (Fsp3) is 0.818. The molecule has 4 fully saturated rings. The van der Waals surface area contributed by atoms with Crippen molar-refractivity contribution in [1.29, 1.82) is 0 Å². The minimum absolute atomic E-state index is 0.580. The van der Waals surface area contributed by atoms with Crippen LogP contribution in [0, 0.1) is 5.41 Å². The Morgan fingerprint density at radius 1 is 1.03 bits per heavy atom. The van der Waals surface area contributed by atoms with Gasteiger partial charge < -0.3 is 4.90 Å². The van der Waals surface area contributed by atoms with E-state index in [9.17, 15) is 0 Å². The molecule has 2 atom stereocenters. The summed E-state index contributed by atoms with van der Waals surface area (Å²) >= 11 is 4.40. The van der Waals surface area contributed by atoms with Gasteiger partial charge in [0.25, 0.3) is 0 Å². The molecular weight excluding hydrogens is 380 g/mol. The number of nitrogens with zero attached hydrogens (tertiary/aromatic N) is 6. The van der Waals surface area contributed by atoms with Crippen molar-refractivity contribution in [2.75, 3.05) is 50.0 Å². The maximum atomic E-state index is 4.81. The third-order valence-electron chi connectivity index (χ3n) is 7.80. The summed E-state index contributed by atoms with van der Waals surface area (Å²) in [5, 5.41) is 0. The number of anilines is 1. The third-order valence-corrected chi connectivity index (χ3v) is 8.20. The number of hydrogen-bond donors (Lipinski definition) is 1. The van der Waals surface area contributed by atoms with Crippen LogP contribution in [0.25, 0.3) is 0 Å². The molecule has 29 heavy (non-hydrogen) atoms. The molecule has 0 saturated carbocycles. The quantitative estimate of drug-likeness (QED) is 0.743. The van der Waals surface area contributed by atoms with Crippen molar-refractivity contribution in [1.82, 2.24) is 24.7 Å². The Morgan fingerprint density at radius 3 is 2.21 bits per heavy atom. The number of hydrogen-bond acceptors (Lipinski definition) is 7. The first-order valence-corrected chi connectivity index (χ1v) is 12.1. The van der Waals surface area contributed by atoms with Crippen LogP contribution in [0.2, 0.25) is 0 Å². The maximum absolute atomic E-state index is 4.81. The van der Waals surface area contributed by atoms with Gasteiger partial charge in [0, 0.05) is 74.7 Å². The standard InChI is InChI=1S/C22H36N6S/c1-17(2)27-12-19-3-4-20(13-27)28(19)21-23-9-18(10-24-21)11-25-7-5-22(6-8-25)14-26(15-22)16-29/h9-10,17,19-20,29H,3-8,11-16H2,1-2H3. The Bertz CT molecular complexity index is 680. The monoisotopic (exact) mass is 416 g/mol. The molecule has 0 amide bonds. The van der Waals surface area contributed by atoms with Gasteiger partial charge in [-0.25, -0.2) is 9.97 Å². The normalized spacial score (nSPS) is 30.3. The van der Waals surface area contributed by atoms with Crippen molar-refractivity contribution in [3.05, 3.63) is 18.0 Å². The van der Waals surface area contributed by atoms with Crippen LogP contribution in [-0.4, -0.2) is 87.9 Å². The molecule has 4 saturated heterocycles. The molecule has 0 aliphatic carbocycles. The van der Waals surface area contributed by atoms with E-state index in [0.29, 0.717) is 23.5 Å². The zero-order valence-electron chi connectivity index (χ0n) is 18.0. The molecule has 1 aromatic rings. The maximum Gasteiger partial charge on any atom is 0.225 e. The fourth-order valence-corrected chi connectivity index (χ4v) is 6.21. The van der Waals surface area contributed by atoms with Gasteiger partial charge in [0.15, 0.2) is 0 Å². The van der Waals surface area contributed by atoms with E-state index in [0.717, 1.165) is 31.5 Å². The predicted molar refractivity (Wildman–Crippen MR) is 120 cm³/mol. The highest BCUT2D eigenvalue weighted by Gasteiger charge is 2.44. The number of rotatable bonds is 5. The smallest absolute Gasteiger partial charge is 0.225 e. The average Bonchev–Trinajstić information content (AvgIpc) is 2.96. The lowest BCUT2D eigenvalue weighted by Gasteiger charge is -2.53. The van der Waals surface area contributed by atoms with Crippen LogP contribution in [0.1, 0.15) is 45.1 Å². The highest BCUT2D eigenvalue weighted by Crippen LogP contribution is 2.40. The van der Waals surface area contributed by atoms with Crippen molar-refractivity contribution in [2.24, 2.45) is 5.41 Å². The second-order valence-electron chi connectivity index (χ2n) is 10.1. The number of piperidine rings is 1. The van der Waals surface area contributed by atoms with Gasteiger partial charge in [0.1, 0.15) is 0 Å². The van der Waals surface area contributed by atoms with E-state index >= 15 is 0 Å². The molecule has 5 heterocycles. The fourth-order valence-electron chi connectivity index (χ4n) is 6.01. The highest BCUT2D eigenvalue weighted by atomic mass is 32.1. The van der Waals surface area contributed by atoms with E-state index < -0.39 is 0 Å². The van der Waals surface area contributed by atoms with Crippen LogP contribution in [-0.2, 0) is 6.54 Å². The molecular formula is C22H36N6S. The van der Waals surface area contributed by atoms with Crippen molar-refractivity contribution in [3.63, 3.8) is 0 Å². The largest absolute Gasteiger partial charge is 0.332 e. The van der Waals surface area contributed by atoms with E-state index in [2.05, 4.69) is 58.5 Å². The van der Waals surface area contributed by atoms with E-state index in [4.69, 9.17) is 9.97 Å². The summed E-state index contributed by atoms with van der Waals surface area (Å²) in [5.74, 6) is 1.85. The van der Waals surface area contributed by atoms with Gasteiger partial charge in [-0.15, -0.1) is 0 Å². The number of aromatic nitrogens is 2. The molecule has 5 rings (SSSR count). The van der Waals surface area contributed by atoms with Crippen LogP contribution >= 0.6 is 12.6 Å². The third kappa shape index (κ3) is 3.91. The minimum Gasteiger partial charge on any atom is -0.332 e. The van der Waals surface area contributed by atoms with Gasteiger partial charge in [0.05, 0.1) is 0 Å². The predicted octanol–water partition coefficient (Wildman–Crippen LogP) is 2.32. The Morgan fingerprint density at radius 2 is 1.66 bits per heavy atom.